The van der Waals surface area contributed by atoms with E-state index in [0.717, 1.165) is 11.3 Å². The van der Waals surface area contributed by atoms with Crippen molar-refractivity contribution in [1.29, 1.82) is 0 Å². The van der Waals surface area contributed by atoms with Gasteiger partial charge in [-0.15, -0.1) is 0 Å². The molecule has 0 bridgehead atoms. The third kappa shape index (κ3) is 1.37. The zero-order chi connectivity index (χ0) is 10.1. The van der Waals surface area contributed by atoms with Gasteiger partial charge in [-0.2, -0.15) is 0 Å². The van der Waals surface area contributed by atoms with Crippen LogP contribution >= 0.6 is 0 Å². The van der Waals surface area contributed by atoms with Crippen molar-refractivity contribution >= 4 is 5.69 Å². The average molecular weight is 195 g/mol. The van der Waals surface area contributed by atoms with E-state index in [1.54, 1.807) is 13.2 Å². The summed E-state index contributed by atoms with van der Waals surface area (Å²) in [7, 11) is 1.60. The molecule has 3 N–H and O–H groups in total. The van der Waals surface area contributed by atoms with Crippen LogP contribution in [0, 0.1) is 0 Å². The summed E-state index contributed by atoms with van der Waals surface area (Å²) >= 11 is 0. The summed E-state index contributed by atoms with van der Waals surface area (Å²) in [6.07, 6.45) is 0.521. The fourth-order valence-corrected chi connectivity index (χ4v) is 1.65. The number of nitrogens with two attached hydrogens (primary N) is 1. The lowest BCUT2D eigenvalue weighted by Crippen LogP contribution is -2.17. The van der Waals surface area contributed by atoms with E-state index in [4.69, 9.17) is 20.3 Å². The Morgan fingerprint density at radius 3 is 3.07 bits per heavy atom. The van der Waals surface area contributed by atoms with Crippen LogP contribution < -0.4 is 15.2 Å². The molecule has 0 aromatic heterocycles. The van der Waals surface area contributed by atoms with Gasteiger partial charge in [0.1, 0.15) is 17.6 Å². The van der Waals surface area contributed by atoms with Crippen LogP contribution in [0.25, 0.3) is 0 Å². The van der Waals surface area contributed by atoms with Crippen molar-refractivity contribution in [2.45, 2.75) is 12.5 Å². The van der Waals surface area contributed by atoms with Crippen molar-refractivity contribution in [2.24, 2.45) is 0 Å². The minimum atomic E-state index is -0.167. The van der Waals surface area contributed by atoms with Gasteiger partial charge >= 0.3 is 0 Å². The monoisotopic (exact) mass is 195 g/mol. The average Bonchev–Trinajstić information content (AvgIpc) is 2.61. The predicted molar refractivity (Wildman–Crippen MR) is 52.6 cm³/mol. The number of nitrogen functional groups attached to an aromatic ring is 1. The zero-order valence-corrected chi connectivity index (χ0v) is 7.99. The van der Waals surface area contributed by atoms with Crippen molar-refractivity contribution < 1.29 is 14.6 Å². The Bertz CT molecular complexity index is 351. The van der Waals surface area contributed by atoms with Crippen molar-refractivity contribution in [3.8, 4) is 11.5 Å². The van der Waals surface area contributed by atoms with E-state index in [2.05, 4.69) is 0 Å². The second-order valence-corrected chi connectivity index (χ2v) is 3.33. The molecule has 1 heterocycles. The molecule has 4 heteroatoms. The number of anilines is 1. The van der Waals surface area contributed by atoms with Crippen molar-refractivity contribution in [2.75, 3.05) is 19.5 Å². The quantitative estimate of drug-likeness (QED) is 0.677. The lowest BCUT2D eigenvalue weighted by molar-refractivity contribution is 0.135. The summed E-state index contributed by atoms with van der Waals surface area (Å²) in [6.45, 7) is 0.0104. The second-order valence-electron chi connectivity index (χ2n) is 3.33. The zero-order valence-electron chi connectivity index (χ0n) is 7.99. The number of hydrogen-bond donors (Lipinski definition) is 2. The summed E-state index contributed by atoms with van der Waals surface area (Å²) in [4.78, 5) is 0. The van der Waals surface area contributed by atoms with E-state index >= 15 is 0 Å². The third-order valence-electron chi connectivity index (χ3n) is 2.34. The van der Waals surface area contributed by atoms with E-state index < -0.39 is 0 Å². The Kier molecular flexibility index (Phi) is 2.21. The molecule has 1 atom stereocenters. The molecule has 0 amide bonds. The molecule has 76 valence electrons. The van der Waals surface area contributed by atoms with Crippen LogP contribution in [0.5, 0.6) is 11.5 Å². The molecule has 14 heavy (non-hydrogen) atoms. The van der Waals surface area contributed by atoms with Crippen molar-refractivity contribution in [1.82, 2.24) is 0 Å². The van der Waals surface area contributed by atoms with Crippen molar-refractivity contribution in [3.05, 3.63) is 17.7 Å². The Hall–Kier alpha value is -1.42. The van der Waals surface area contributed by atoms with Crippen LogP contribution in [0.15, 0.2) is 12.1 Å². The molecule has 0 spiro atoms. The third-order valence-corrected chi connectivity index (χ3v) is 2.34. The van der Waals surface area contributed by atoms with Gasteiger partial charge in [-0.3, -0.25) is 0 Å². The number of benzene rings is 1. The van der Waals surface area contributed by atoms with Crippen LogP contribution in [0.3, 0.4) is 0 Å². The molecule has 1 aliphatic heterocycles. The van der Waals surface area contributed by atoms with Gasteiger partial charge in [0.2, 0.25) is 0 Å². The van der Waals surface area contributed by atoms with Gasteiger partial charge in [0.15, 0.2) is 0 Å². The first-order chi connectivity index (χ1) is 6.74. The minimum Gasteiger partial charge on any atom is -0.497 e. The molecular formula is C10H13NO3. The molecule has 4 nitrogen and oxygen atoms in total. The highest BCUT2D eigenvalue weighted by Gasteiger charge is 2.24. The molecule has 1 aliphatic rings. The lowest BCUT2D eigenvalue weighted by Gasteiger charge is -2.08. The second kappa shape index (κ2) is 3.38. The number of fused-ring (bicyclic) bond motifs is 1. The van der Waals surface area contributed by atoms with Crippen LogP contribution in [0.4, 0.5) is 5.69 Å². The SMILES string of the molecule is COc1cc(N)c2c(c1)CC(CO)O2. The summed E-state index contributed by atoms with van der Waals surface area (Å²) in [5.41, 5.74) is 7.34. The molecule has 1 unspecified atom stereocenters. The first-order valence-electron chi connectivity index (χ1n) is 4.48. The Labute approximate surface area is 82.2 Å². The lowest BCUT2D eigenvalue weighted by atomic mass is 10.1. The maximum absolute atomic E-state index is 8.96. The fourth-order valence-electron chi connectivity index (χ4n) is 1.65. The Morgan fingerprint density at radius 1 is 1.64 bits per heavy atom. The molecule has 1 aromatic carbocycles. The van der Waals surface area contributed by atoms with Crippen LogP contribution in [-0.4, -0.2) is 24.9 Å². The van der Waals surface area contributed by atoms with Crippen LogP contribution in [-0.2, 0) is 6.42 Å². The largest absolute Gasteiger partial charge is 0.497 e. The number of ether oxygens (including phenoxy) is 2. The predicted octanol–water partition coefficient (Wildman–Crippen LogP) is 0.573. The maximum Gasteiger partial charge on any atom is 0.146 e. The summed E-state index contributed by atoms with van der Waals surface area (Å²) in [5.74, 6) is 1.41. The maximum atomic E-state index is 8.96. The first kappa shape index (κ1) is 9.15. The van der Waals surface area contributed by atoms with Crippen molar-refractivity contribution in [3.63, 3.8) is 0 Å². The molecular weight excluding hydrogens is 182 g/mol. The molecule has 0 saturated heterocycles. The first-order valence-corrected chi connectivity index (χ1v) is 4.48. The smallest absolute Gasteiger partial charge is 0.146 e. The summed E-state index contributed by atoms with van der Waals surface area (Å²) in [6, 6.07) is 3.61. The summed E-state index contributed by atoms with van der Waals surface area (Å²) in [5, 5.41) is 8.96. The van der Waals surface area contributed by atoms with E-state index in [1.807, 2.05) is 6.07 Å². The topological polar surface area (TPSA) is 64.7 Å². The van der Waals surface area contributed by atoms with E-state index in [9.17, 15) is 0 Å². The van der Waals surface area contributed by atoms with Crippen LogP contribution in [0.2, 0.25) is 0 Å². The highest BCUT2D eigenvalue weighted by atomic mass is 16.5. The van der Waals surface area contributed by atoms with E-state index in [-0.39, 0.29) is 12.7 Å². The highest BCUT2D eigenvalue weighted by molar-refractivity contribution is 5.62. The number of rotatable bonds is 2. The van der Waals surface area contributed by atoms with Gasteiger partial charge in [0.05, 0.1) is 19.4 Å². The van der Waals surface area contributed by atoms with E-state index in [0.29, 0.717) is 17.9 Å². The van der Waals surface area contributed by atoms with Gasteiger partial charge < -0.3 is 20.3 Å². The molecule has 0 saturated carbocycles. The standard InChI is InChI=1S/C10H13NO3/c1-13-7-2-6-3-8(5-12)14-10(6)9(11)4-7/h2,4,8,12H,3,5,11H2,1H3. The number of methoxy groups -OCH3 is 1. The fraction of sp³-hybridized carbons (Fsp3) is 0.400. The molecule has 0 radical (unpaired) electrons. The van der Waals surface area contributed by atoms with Gasteiger partial charge in [0, 0.05) is 18.1 Å². The molecule has 0 fully saturated rings. The van der Waals surface area contributed by atoms with Gasteiger partial charge in [-0.05, 0) is 6.07 Å². The van der Waals surface area contributed by atoms with Gasteiger partial charge in [0.25, 0.3) is 0 Å². The number of hydrogen-bond acceptors (Lipinski definition) is 4. The minimum absolute atomic E-state index is 0.0104. The Morgan fingerprint density at radius 2 is 2.43 bits per heavy atom. The van der Waals surface area contributed by atoms with Crippen LogP contribution in [0.1, 0.15) is 5.56 Å². The molecule has 0 aliphatic carbocycles. The number of aliphatic hydroxyl groups is 1. The Balaban J connectivity index is 2.37. The van der Waals surface area contributed by atoms with Gasteiger partial charge in [-0.25, -0.2) is 0 Å². The molecule has 2 rings (SSSR count). The summed E-state index contributed by atoms with van der Waals surface area (Å²) < 4.78 is 10.5. The number of aliphatic hydroxyl groups excluding tert-OH is 1. The van der Waals surface area contributed by atoms with Gasteiger partial charge in [-0.1, -0.05) is 0 Å². The highest BCUT2D eigenvalue weighted by Crippen LogP contribution is 2.37. The molecule has 1 aromatic rings. The normalized spacial score (nSPS) is 18.9. The van der Waals surface area contributed by atoms with E-state index in [1.165, 1.54) is 0 Å².